The molecule has 2 aliphatic heterocycles. The molecule has 3 heterocycles. The highest BCUT2D eigenvalue weighted by Crippen LogP contribution is 2.41. The average Bonchev–Trinajstić information content (AvgIpc) is 3.38. The molecule has 1 aromatic heterocycles. The second-order valence-electron chi connectivity index (χ2n) is 9.26. The van der Waals surface area contributed by atoms with E-state index in [9.17, 15) is 14.0 Å². The SMILES string of the molecule is Cc1ccc([C@H]2C[C@H](c3ccc(F)cc3)n3nc(N4C(=O)[C@H]5CC=CC[C@H]5C4=O)nc3N2)cc1. The summed E-state index contributed by atoms with van der Waals surface area (Å²) in [7, 11) is 0. The Bertz CT molecular complexity index is 1270. The standard InChI is InChI=1S/C26H24FN5O2/c1-15-6-8-16(9-7-15)21-14-22(17-10-12-18(27)13-11-17)32-25(28-21)29-26(30-32)31-23(33)19-4-2-3-5-20(19)24(31)34/h2-3,6-13,19-22H,4-5,14H2,1H3,(H,28,29,30)/t19-,20+,21-,22-/m1/s1. The van der Waals surface area contributed by atoms with Crippen molar-refractivity contribution in [1.29, 1.82) is 0 Å². The highest BCUT2D eigenvalue weighted by molar-refractivity contribution is 6.21. The summed E-state index contributed by atoms with van der Waals surface area (Å²) < 4.78 is 15.4. The van der Waals surface area contributed by atoms with Gasteiger partial charge in [-0.1, -0.05) is 54.1 Å². The first-order valence-corrected chi connectivity index (χ1v) is 11.6. The van der Waals surface area contributed by atoms with Crippen LogP contribution in [-0.2, 0) is 9.59 Å². The summed E-state index contributed by atoms with van der Waals surface area (Å²) in [5, 5.41) is 8.06. The molecule has 2 amide bonds. The summed E-state index contributed by atoms with van der Waals surface area (Å²) in [6.07, 6.45) is 5.69. The third-order valence-electron chi connectivity index (χ3n) is 7.12. The molecule has 4 atom stereocenters. The minimum Gasteiger partial charge on any atom is -0.347 e. The van der Waals surface area contributed by atoms with Crippen LogP contribution in [0, 0.1) is 24.6 Å². The first-order valence-electron chi connectivity index (χ1n) is 11.6. The van der Waals surface area contributed by atoms with E-state index >= 15 is 0 Å². The Morgan fingerprint density at radius 2 is 1.53 bits per heavy atom. The molecule has 0 bridgehead atoms. The summed E-state index contributed by atoms with van der Waals surface area (Å²) >= 11 is 0. The molecule has 1 saturated heterocycles. The molecule has 2 aromatic carbocycles. The van der Waals surface area contributed by atoms with Gasteiger partial charge in [-0.3, -0.25) is 9.59 Å². The summed E-state index contributed by atoms with van der Waals surface area (Å²) in [5.41, 5.74) is 3.15. The highest BCUT2D eigenvalue weighted by atomic mass is 19.1. The van der Waals surface area contributed by atoms with Gasteiger partial charge in [0.05, 0.1) is 23.9 Å². The topological polar surface area (TPSA) is 80.1 Å². The number of benzene rings is 2. The third kappa shape index (κ3) is 3.32. The lowest BCUT2D eigenvalue weighted by atomic mass is 9.85. The second kappa shape index (κ2) is 7.90. The number of amides is 2. The Kier molecular flexibility index (Phi) is 4.83. The van der Waals surface area contributed by atoms with Crippen LogP contribution in [0.3, 0.4) is 0 Å². The number of nitrogens with one attached hydrogen (secondary N) is 1. The van der Waals surface area contributed by atoms with Crippen LogP contribution in [0.15, 0.2) is 60.7 Å². The molecule has 3 aliphatic rings. The molecule has 34 heavy (non-hydrogen) atoms. The Balaban J connectivity index is 1.40. The lowest BCUT2D eigenvalue weighted by Crippen LogP contribution is -2.32. The maximum absolute atomic E-state index is 13.6. The summed E-state index contributed by atoms with van der Waals surface area (Å²) in [5.74, 6) is -0.903. The van der Waals surface area contributed by atoms with Gasteiger partial charge >= 0.3 is 0 Å². The van der Waals surface area contributed by atoms with Gasteiger partial charge in [-0.25, -0.2) is 14.0 Å². The van der Waals surface area contributed by atoms with E-state index in [1.54, 1.807) is 16.8 Å². The van der Waals surface area contributed by atoms with Crippen molar-refractivity contribution in [2.24, 2.45) is 11.8 Å². The maximum atomic E-state index is 13.6. The molecule has 0 saturated carbocycles. The first kappa shape index (κ1) is 20.8. The minimum absolute atomic E-state index is 0.0584. The van der Waals surface area contributed by atoms with E-state index in [1.165, 1.54) is 17.7 Å². The highest BCUT2D eigenvalue weighted by Gasteiger charge is 2.49. The van der Waals surface area contributed by atoms with Gasteiger partial charge in [0.15, 0.2) is 0 Å². The molecule has 8 heteroatoms. The van der Waals surface area contributed by atoms with E-state index in [0.717, 1.165) is 16.0 Å². The van der Waals surface area contributed by atoms with Crippen LogP contribution in [0.4, 0.5) is 16.3 Å². The minimum atomic E-state index is -0.348. The normalized spacial score (nSPS) is 25.8. The first-order chi connectivity index (χ1) is 16.5. The number of aryl methyl sites for hydroxylation is 1. The van der Waals surface area contributed by atoms with Crippen molar-refractivity contribution in [3.63, 3.8) is 0 Å². The zero-order valence-electron chi connectivity index (χ0n) is 18.7. The second-order valence-corrected chi connectivity index (χ2v) is 9.26. The molecular weight excluding hydrogens is 433 g/mol. The monoisotopic (exact) mass is 457 g/mol. The van der Waals surface area contributed by atoms with Crippen LogP contribution in [0.2, 0.25) is 0 Å². The molecule has 0 radical (unpaired) electrons. The molecular formula is C26H24FN5O2. The van der Waals surface area contributed by atoms with Crippen LogP contribution >= 0.6 is 0 Å². The van der Waals surface area contributed by atoms with E-state index < -0.39 is 0 Å². The molecule has 0 spiro atoms. The fraction of sp³-hybridized carbons (Fsp3) is 0.308. The zero-order valence-corrected chi connectivity index (χ0v) is 18.7. The third-order valence-corrected chi connectivity index (χ3v) is 7.12. The van der Waals surface area contributed by atoms with Gasteiger partial charge in [-0.2, -0.15) is 4.98 Å². The van der Waals surface area contributed by atoms with Crippen LogP contribution in [0.1, 0.15) is 48.0 Å². The summed E-state index contributed by atoms with van der Waals surface area (Å²) in [6, 6.07) is 14.3. The van der Waals surface area contributed by atoms with Crippen molar-refractivity contribution >= 4 is 23.7 Å². The van der Waals surface area contributed by atoms with Gasteiger partial charge in [0.25, 0.3) is 5.95 Å². The predicted octanol–water partition coefficient (Wildman–Crippen LogP) is 4.33. The zero-order chi connectivity index (χ0) is 23.4. The van der Waals surface area contributed by atoms with Crippen molar-refractivity contribution in [2.75, 3.05) is 10.2 Å². The number of halogens is 1. The lowest BCUT2D eigenvalue weighted by molar-refractivity contribution is -0.122. The molecule has 172 valence electrons. The van der Waals surface area contributed by atoms with Crippen molar-refractivity contribution in [1.82, 2.24) is 14.8 Å². The predicted molar refractivity (Wildman–Crippen MR) is 125 cm³/mol. The largest absolute Gasteiger partial charge is 0.347 e. The van der Waals surface area contributed by atoms with Crippen molar-refractivity contribution in [3.05, 3.63) is 83.2 Å². The number of fused-ring (bicyclic) bond motifs is 2. The fourth-order valence-electron chi connectivity index (χ4n) is 5.24. The Hall–Kier alpha value is -3.81. The lowest BCUT2D eigenvalue weighted by Gasteiger charge is -2.31. The average molecular weight is 458 g/mol. The fourth-order valence-corrected chi connectivity index (χ4v) is 5.24. The summed E-state index contributed by atoms with van der Waals surface area (Å²) in [6.45, 7) is 2.04. The Labute approximate surface area is 196 Å². The molecule has 1 aliphatic carbocycles. The van der Waals surface area contributed by atoms with Gasteiger partial charge in [-0.05, 0) is 49.4 Å². The number of rotatable bonds is 3. The Morgan fingerprint density at radius 1 is 0.912 bits per heavy atom. The van der Waals surface area contributed by atoms with Gasteiger partial charge in [0.2, 0.25) is 17.8 Å². The van der Waals surface area contributed by atoms with Crippen molar-refractivity contribution in [3.8, 4) is 0 Å². The number of hydrogen-bond acceptors (Lipinski definition) is 5. The quantitative estimate of drug-likeness (QED) is 0.468. The summed E-state index contributed by atoms with van der Waals surface area (Å²) in [4.78, 5) is 31.9. The van der Waals surface area contributed by atoms with E-state index in [-0.39, 0.29) is 47.5 Å². The smallest absolute Gasteiger partial charge is 0.260 e. The Morgan fingerprint density at radius 3 is 2.18 bits per heavy atom. The van der Waals surface area contributed by atoms with Crippen LogP contribution in [0.5, 0.6) is 0 Å². The number of carbonyl (C=O) groups is 2. The number of carbonyl (C=O) groups excluding carboxylic acids is 2. The van der Waals surface area contributed by atoms with Crippen LogP contribution in [0.25, 0.3) is 0 Å². The molecule has 3 aromatic rings. The number of nitrogens with zero attached hydrogens (tertiary/aromatic N) is 4. The van der Waals surface area contributed by atoms with Gasteiger partial charge in [-0.15, -0.1) is 5.10 Å². The van der Waals surface area contributed by atoms with Gasteiger partial charge in [0.1, 0.15) is 5.82 Å². The van der Waals surface area contributed by atoms with E-state index in [4.69, 9.17) is 0 Å². The number of aromatic nitrogens is 3. The van der Waals surface area contributed by atoms with E-state index in [0.29, 0.717) is 25.2 Å². The van der Waals surface area contributed by atoms with Gasteiger partial charge < -0.3 is 5.32 Å². The van der Waals surface area contributed by atoms with Crippen molar-refractivity contribution < 1.29 is 14.0 Å². The molecule has 1 N–H and O–H groups in total. The number of anilines is 2. The molecule has 1 fully saturated rings. The van der Waals surface area contributed by atoms with Crippen LogP contribution < -0.4 is 10.2 Å². The van der Waals surface area contributed by atoms with Crippen molar-refractivity contribution in [2.45, 2.75) is 38.3 Å². The number of allylic oxidation sites excluding steroid dienone is 2. The number of imide groups is 1. The number of hydrogen-bond donors (Lipinski definition) is 1. The van der Waals surface area contributed by atoms with E-state index in [2.05, 4.69) is 39.7 Å². The molecule has 7 nitrogen and oxygen atoms in total. The van der Waals surface area contributed by atoms with Crippen LogP contribution in [-0.4, -0.2) is 26.6 Å². The molecule has 0 unspecified atom stereocenters. The molecule has 6 rings (SSSR count). The van der Waals surface area contributed by atoms with Gasteiger partial charge in [0, 0.05) is 0 Å². The van der Waals surface area contributed by atoms with E-state index in [1.807, 2.05) is 19.1 Å². The maximum Gasteiger partial charge on any atom is 0.260 e.